The molecule has 0 spiro atoms. The summed E-state index contributed by atoms with van der Waals surface area (Å²) in [6, 6.07) is 6.65. The highest BCUT2D eigenvalue weighted by Crippen LogP contribution is 2.23. The maximum absolute atomic E-state index is 12.1. The van der Waals surface area contributed by atoms with Crippen LogP contribution in [-0.2, 0) is 6.54 Å². The molecular weight excluding hydrogens is 342 g/mol. The molecule has 1 saturated heterocycles. The highest BCUT2D eigenvalue weighted by molar-refractivity contribution is 7.17. The molecule has 1 N–H and O–H groups in total. The number of hydrogen-bond donors (Lipinski definition) is 1. The molecule has 25 heavy (non-hydrogen) atoms. The van der Waals surface area contributed by atoms with E-state index >= 15 is 0 Å². The third kappa shape index (κ3) is 4.31. The summed E-state index contributed by atoms with van der Waals surface area (Å²) < 4.78 is 0. The van der Waals surface area contributed by atoms with Crippen LogP contribution in [0.25, 0.3) is 0 Å². The Labute approximate surface area is 149 Å². The summed E-state index contributed by atoms with van der Waals surface area (Å²) in [4.78, 5) is 31.6. The number of anilines is 1. The first-order chi connectivity index (χ1) is 12.0. The van der Waals surface area contributed by atoms with E-state index in [1.54, 1.807) is 6.20 Å². The van der Waals surface area contributed by atoms with E-state index < -0.39 is 4.92 Å². The Balaban J connectivity index is 1.60. The number of pyridine rings is 1. The third-order valence-corrected chi connectivity index (χ3v) is 5.12. The zero-order valence-electron chi connectivity index (χ0n) is 13.8. The van der Waals surface area contributed by atoms with Crippen LogP contribution >= 0.6 is 11.3 Å². The van der Waals surface area contributed by atoms with Gasteiger partial charge in [-0.25, -0.2) is 4.98 Å². The topological polar surface area (TPSA) is 91.6 Å². The number of hydrogen-bond acceptors (Lipinski definition) is 7. The lowest BCUT2D eigenvalue weighted by Crippen LogP contribution is -2.44. The van der Waals surface area contributed by atoms with E-state index in [-0.39, 0.29) is 10.9 Å². The van der Waals surface area contributed by atoms with Crippen molar-refractivity contribution >= 4 is 28.1 Å². The van der Waals surface area contributed by atoms with E-state index in [1.807, 2.05) is 12.1 Å². The normalized spacial score (nSPS) is 15.2. The van der Waals surface area contributed by atoms with Crippen LogP contribution in [0.15, 0.2) is 30.5 Å². The number of nitrogens with one attached hydrogen (secondary N) is 1. The summed E-state index contributed by atoms with van der Waals surface area (Å²) in [6.07, 6.45) is 1.74. The molecule has 0 aromatic carbocycles. The van der Waals surface area contributed by atoms with Crippen molar-refractivity contribution in [3.8, 4) is 0 Å². The molecule has 0 radical (unpaired) electrons. The summed E-state index contributed by atoms with van der Waals surface area (Å²) in [5.74, 6) is 0.600. The zero-order chi connectivity index (χ0) is 17.8. The number of nitro groups is 1. The first kappa shape index (κ1) is 17.3. The molecule has 2 aromatic rings. The number of nitrogens with zero attached hydrogens (tertiary/aromatic N) is 4. The zero-order valence-corrected chi connectivity index (χ0v) is 14.7. The monoisotopic (exact) mass is 361 g/mol. The second-order valence-electron chi connectivity index (χ2n) is 5.89. The van der Waals surface area contributed by atoms with Gasteiger partial charge in [-0.2, -0.15) is 0 Å². The first-order valence-corrected chi connectivity index (χ1v) is 8.75. The van der Waals surface area contributed by atoms with Crippen LogP contribution in [0, 0.1) is 10.1 Å². The lowest BCUT2D eigenvalue weighted by molar-refractivity contribution is -0.380. The van der Waals surface area contributed by atoms with Gasteiger partial charge in [0, 0.05) is 45.0 Å². The van der Waals surface area contributed by atoms with Crippen LogP contribution in [-0.4, -0.2) is 53.9 Å². The molecule has 0 saturated carbocycles. The van der Waals surface area contributed by atoms with E-state index in [0.29, 0.717) is 11.4 Å². The van der Waals surface area contributed by atoms with Crippen molar-refractivity contribution in [3.63, 3.8) is 0 Å². The number of rotatable bonds is 5. The van der Waals surface area contributed by atoms with Gasteiger partial charge in [0.05, 0.1) is 9.80 Å². The van der Waals surface area contributed by atoms with Gasteiger partial charge in [0.2, 0.25) is 0 Å². The van der Waals surface area contributed by atoms with Crippen LogP contribution in [0.5, 0.6) is 0 Å². The number of amides is 1. The molecule has 0 unspecified atom stereocenters. The maximum Gasteiger partial charge on any atom is 0.324 e. The van der Waals surface area contributed by atoms with Crippen LogP contribution in [0.2, 0.25) is 0 Å². The number of piperazine rings is 1. The Morgan fingerprint density at radius 3 is 2.76 bits per heavy atom. The van der Waals surface area contributed by atoms with Crippen molar-refractivity contribution < 1.29 is 9.72 Å². The van der Waals surface area contributed by atoms with E-state index in [0.717, 1.165) is 48.9 Å². The SMILES string of the molecule is CN1CCN(c2cc(CNC(=O)c3ccc([N+](=O)[O-])s3)ccn2)CC1. The molecule has 9 heteroatoms. The van der Waals surface area contributed by atoms with Crippen molar-refractivity contribution in [3.05, 3.63) is 51.0 Å². The fourth-order valence-corrected chi connectivity index (χ4v) is 3.33. The van der Waals surface area contributed by atoms with Gasteiger partial charge in [-0.05, 0) is 30.8 Å². The summed E-state index contributed by atoms with van der Waals surface area (Å²) >= 11 is 0.874. The molecule has 0 atom stereocenters. The van der Waals surface area contributed by atoms with Gasteiger partial charge in [0.25, 0.3) is 5.91 Å². The van der Waals surface area contributed by atoms with Crippen molar-refractivity contribution in [2.75, 3.05) is 38.1 Å². The average molecular weight is 361 g/mol. The van der Waals surface area contributed by atoms with Crippen molar-refractivity contribution in [2.24, 2.45) is 0 Å². The quantitative estimate of drug-likeness (QED) is 0.644. The molecule has 1 amide bonds. The van der Waals surface area contributed by atoms with Crippen LogP contribution in [0.4, 0.5) is 10.8 Å². The molecule has 8 nitrogen and oxygen atoms in total. The maximum atomic E-state index is 12.1. The van der Waals surface area contributed by atoms with Gasteiger partial charge in [0.1, 0.15) is 5.82 Å². The minimum absolute atomic E-state index is 0.0357. The fourth-order valence-electron chi connectivity index (χ4n) is 2.60. The van der Waals surface area contributed by atoms with E-state index in [1.165, 1.54) is 12.1 Å². The molecule has 1 aliphatic heterocycles. The number of likely N-dealkylation sites (N-methyl/N-ethyl adjacent to an activating group) is 1. The van der Waals surface area contributed by atoms with Crippen molar-refractivity contribution in [1.29, 1.82) is 0 Å². The second kappa shape index (κ2) is 7.58. The Morgan fingerprint density at radius 1 is 1.32 bits per heavy atom. The van der Waals surface area contributed by atoms with Gasteiger partial charge in [-0.1, -0.05) is 11.3 Å². The van der Waals surface area contributed by atoms with Gasteiger partial charge in [-0.15, -0.1) is 0 Å². The van der Waals surface area contributed by atoms with Crippen molar-refractivity contribution in [1.82, 2.24) is 15.2 Å². The Morgan fingerprint density at radius 2 is 2.08 bits per heavy atom. The largest absolute Gasteiger partial charge is 0.354 e. The van der Waals surface area contributed by atoms with Gasteiger partial charge < -0.3 is 15.1 Å². The number of thiophene rings is 1. The predicted molar refractivity (Wildman–Crippen MR) is 96.1 cm³/mol. The van der Waals surface area contributed by atoms with Gasteiger partial charge in [-0.3, -0.25) is 14.9 Å². The average Bonchev–Trinajstić information content (AvgIpc) is 3.11. The molecular formula is C16H19N5O3S. The van der Waals surface area contributed by atoms with Crippen LogP contribution in [0.3, 0.4) is 0 Å². The van der Waals surface area contributed by atoms with E-state index in [2.05, 4.69) is 27.1 Å². The number of carbonyl (C=O) groups is 1. The van der Waals surface area contributed by atoms with E-state index in [4.69, 9.17) is 0 Å². The predicted octanol–water partition coefficient (Wildman–Crippen LogP) is 1.73. The molecule has 0 aliphatic carbocycles. The number of carbonyl (C=O) groups excluding carboxylic acids is 1. The minimum Gasteiger partial charge on any atom is -0.354 e. The van der Waals surface area contributed by atoms with Gasteiger partial charge >= 0.3 is 5.00 Å². The highest BCUT2D eigenvalue weighted by Gasteiger charge is 2.17. The third-order valence-electron chi connectivity index (χ3n) is 4.09. The Hall–Kier alpha value is -2.52. The molecule has 0 bridgehead atoms. The minimum atomic E-state index is -0.493. The molecule has 2 aromatic heterocycles. The van der Waals surface area contributed by atoms with E-state index in [9.17, 15) is 14.9 Å². The lowest BCUT2D eigenvalue weighted by Gasteiger charge is -2.33. The second-order valence-corrected chi connectivity index (χ2v) is 6.95. The molecule has 3 heterocycles. The fraction of sp³-hybridized carbons (Fsp3) is 0.375. The summed E-state index contributed by atoms with van der Waals surface area (Å²) in [5.41, 5.74) is 0.948. The standard InChI is InChI=1S/C16H19N5O3S/c1-19-6-8-20(9-7-19)14-10-12(4-5-17-14)11-18-16(22)13-2-3-15(25-13)21(23)24/h2-5,10H,6-9,11H2,1H3,(H,18,22). The van der Waals surface area contributed by atoms with Crippen molar-refractivity contribution in [2.45, 2.75) is 6.54 Å². The summed E-state index contributed by atoms with van der Waals surface area (Å²) in [5, 5.41) is 13.5. The molecule has 1 aliphatic rings. The van der Waals surface area contributed by atoms with Crippen LogP contribution < -0.4 is 10.2 Å². The smallest absolute Gasteiger partial charge is 0.324 e. The molecule has 3 rings (SSSR count). The highest BCUT2D eigenvalue weighted by atomic mass is 32.1. The number of aromatic nitrogens is 1. The Kier molecular flexibility index (Phi) is 5.25. The Bertz CT molecular complexity index is 771. The first-order valence-electron chi connectivity index (χ1n) is 7.94. The van der Waals surface area contributed by atoms with Gasteiger partial charge in [0.15, 0.2) is 0 Å². The summed E-state index contributed by atoms with van der Waals surface area (Å²) in [7, 11) is 2.10. The molecule has 1 fully saturated rings. The summed E-state index contributed by atoms with van der Waals surface area (Å²) in [6.45, 7) is 4.21. The van der Waals surface area contributed by atoms with Crippen LogP contribution in [0.1, 0.15) is 15.2 Å². The molecule has 132 valence electrons. The lowest BCUT2D eigenvalue weighted by atomic mass is 10.2.